The summed E-state index contributed by atoms with van der Waals surface area (Å²) in [5.74, 6) is 2.04. The Bertz CT molecular complexity index is 848. The summed E-state index contributed by atoms with van der Waals surface area (Å²) in [4.78, 5) is 6.80. The first-order valence-corrected chi connectivity index (χ1v) is 9.78. The molecule has 0 saturated heterocycles. The van der Waals surface area contributed by atoms with Crippen molar-refractivity contribution in [2.75, 3.05) is 33.3 Å². The molecule has 2 aromatic rings. The summed E-state index contributed by atoms with van der Waals surface area (Å²) in [5.41, 5.74) is 5.46. The Kier molecular flexibility index (Phi) is 7.36. The largest absolute Gasteiger partial charge is 0.493 e. The van der Waals surface area contributed by atoms with E-state index in [9.17, 15) is 0 Å². The van der Waals surface area contributed by atoms with Crippen LogP contribution in [0.2, 0.25) is 0 Å². The Morgan fingerprint density at radius 2 is 2.00 bits per heavy atom. The van der Waals surface area contributed by atoms with E-state index in [-0.39, 0.29) is 24.0 Å². The molecule has 1 N–H and O–H groups in total. The Morgan fingerprint density at radius 3 is 2.75 bits per heavy atom. The van der Waals surface area contributed by atoms with E-state index in [1.807, 2.05) is 7.05 Å². The Labute approximate surface area is 184 Å². The highest BCUT2D eigenvalue weighted by Crippen LogP contribution is 2.26. The predicted octanol–water partition coefficient (Wildman–Crippen LogP) is 4.15. The molecule has 148 valence electrons. The van der Waals surface area contributed by atoms with Gasteiger partial charge in [0, 0.05) is 33.1 Å². The second kappa shape index (κ2) is 9.96. The van der Waals surface area contributed by atoms with E-state index in [1.165, 1.54) is 22.3 Å². The molecule has 5 heteroatoms. The van der Waals surface area contributed by atoms with Crippen molar-refractivity contribution in [1.29, 1.82) is 0 Å². The van der Waals surface area contributed by atoms with Crippen molar-refractivity contribution < 1.29 is 4.74 Å². The predicted molar refractivity (Wildman–Crippen MR) is 127 cm³/mol. The number of benzene rings is 2. The molecule has 0 fully saturated rings. The van der Waals surface area contributed by atoms with E-state index < -0.39 is 0 Å². The fourth-order valence-corrected chi connectivity index (χ4v) is 3.82. The number of nitrogens with one attached hydrogen (secondary N) is 1. The lowest BCUT2D eigenvalue weighted by atomic mass is 10.00. The third-order valence-corrected chi connectivity index (χ3v) is 5.32. The minimum Gasteiger partial charge on any atom is -0.493 e. The van der Waals surface area contributed by atoms with E-state index in [0.29, 0.717) is 0 Å². The summed E-state index contributed by atoms with van der Waals surface area (Å²) in [7, 11) is 1.87. The molecule has 0 spiro atoms. The monoisotopic (exact) mass is 489 g/mol. The van der Waals surface area contributed by atoms with Gasteiger partial charge in [0.05, 0.1) is 6.61 Å². The Morgan fingerprint density at radius 1 is 1.14 bits per heavy atom. The fraction of sp³-hybridized carbons (Fsp3) is 0.348. The van der Waals surface area contributed by atoms with Crippen LogP contribution in [0.5, 0.6) is 5.75 Å². The van der Waals surface area contributed by atoms with E-state index in [4.69, 9.17) is 4.74 Å². The maximum absolute atomic E-state index is 5.59. The number of nitrogens with zero attached hydrogens (tertiary/aromatic N) is 2. The van der Waals surface area contributed by atoms with Gasteiger partial charge in [-0.15, -0.1) is 24.0 Å². The molecule has 4 nitrogen and oxygen atoms in total. The highest BCUT2D eigenvalue weighted by Gasteiger charge is 2.16. The summed E-state index contributed by atoms with van der Waals surface area (Å²) in [6.45, 7) is 3.60. The molecule has 0 radical (unpaired) electrons. The van der Waals surface area contributed by atoms with E-state index >= 15 is 0 Å². The van der Waals surface area contributed by atoms with Crippen LogP contribution in [0.25, 0.3) is 5.57 Å². The standard InChI is InChI=1S/C23H27N3O.HI/c1-24-23(25-13-9-18-7-8-22-21(17-18)12-16-27-22)26-14-10-20(11-15-26)19-5-3-2-4-6-19;/h2-8,10,17H,9,11-16H2,1H3,(H,24,25);1H. The van der Waals surface area contributed by atoms with Gasteiger partial charge in [-0.2, -0.15) is 0 Å². The van der Waals surface area contributed by atoms with Crippen LogP contribution in [0.15, 0.2) is 59.6 Å². The zero-order valence-electron chi connectivity index (χ0n) is 16.4. The zero-order chi connectivity index (χ0) is 18.5. The summed E-state index contributed by atoms with van der Waals surface area (Å²) < 4.78 is 5.59. The topological polar surface area (TPSA) is 36.9 Å². The van der Waals surface area contributed by atoms with Crippen LogP contribution in [-0.4, -0.2) is 44.1 Å². The summed E-state index contributed by atoms with van der Waals surface area (Å²) >= 11 is 0. The van der Waals surface area contributed by atoms with Gasteiger partial charge >= 0.3 is 0 Å². The molecule has 2 aromatic carbocycles. The molecule has 0 amide bonds. The van der Waals surface area contributed by atoms with E-state index in [1.54, 1.807) is 0 Å². The molecule has 0 aromatic heterocycles. The van der Waals surface area contributed by atoms with Gasteiger partial charge in [-0.05, 0) is 41.2 Å². The SMILES string of the molecule is CN=C(NCCc1ccc2c(c1)CCO2)N1CC=C(c2ccccc2)CC1.I. The first-order valence-electron chi connectivity index (χ1n) is 9.78. The van der Waals surface area contributed by atoms with Crippen LogP contribution >= 0.6 is 24.0 Å². The number of rotatable bonds is 4. The lowest BCUT2D eigenvalue weighted by Gasteiger charge is -2.29. The number of halogens is 1. The number of fused-ring (bicyclic) bond motifs is 1. The average molecular weight is 489 g/mol. The van der Waals surface area contributed by atoms with Crippen molar-refractivity contribution in [1.82, 2.24) is 10.2 Å². The third-order valence-electron chi connectivity index (χ3n) is 5.32. The van der Waals surface area contributed by atoms with Gasteiger partial charge in [0.1, 0.15) is 5.75 Å². The number of hydrogen-bond donors (Lipinski definition) is 1. The molecule has 28 heavy (non-hydrogen) atoms. The molecule has 0 aliphatic carbocycles. The molecular formula is C23H28IN3O. The lowest BCUT2D eigenvalue weighted by molar-refractivity contribution is 0.357. The van der Waals surface area contributed by atoms with E-state index in [2.05, 4.69) is 69.8 Å². The smallest absolute Gasteiger partial charge is 0.193 e. The Balaban J connectivity index is 0.00000225. The number of aliphatic imine (C=N–C) groups is 1. The molecular weight excluding hydrogens is 461 g/mol. The summed E-state index contributed by atoms with van der Waals surface area (Å²) in [6.07, 6.45) is 5.40. The van der Waals surface area contributed by atoms with Gasteiger partial charge in [-0.1, -0.05) is 48.5 Å². The first kappa shape index (κ1) is 20.7. The van der Waals surface area contributed by atoms with Crippen LogP contribution < -0.4 is 10.1 Å². The van der Waals surface area contributed by atoms with Gasteiger partial charge in [-0.25, -0.2) is 0 Å². The van der Waals surface area contributed by atoms with Crippen LogP contribution in [0, 0.1) is 0 Å². The number of hydrogen-bond acceptors (Lipinski definition) is 2. The van der Waals surface area contributed by atoms with Crippen LogP contribution in [0.1, 0.15) is 23.1 Å². The van der Waals surface area contributed by atoms with Gasteiger partial charge in [0.2, 0.25) is 0 Å². The zero-order valence-corrected chi connectivity index (χ0v) is 18.7. The lowest BCUT2D eigenvalue weighted by Crippen LogP contribution is -2.44. The summed E-state index contributed by atoms with van der Waals surface area (Å²) in [5, 5.41) is 3.53. The van der Waals surface area contributed by atoms with Gasteiger partial charge in [0.15, 0.2) is 5.96 Å². The highest BCUT2D eigenvalue weighted by molar-refractivity contribution is 14.0. The molecule has 0 bridgehead atoms. The van der Waals surface area contributed by atoms with Crippen molar-refractivity contribution in [3.05, 3.63) is 71.3 Å². The quantitative estimate of drug-likeness (QED) is 0.399. The van der Waals surface area contributed by atoms with Crippen LogP contribution in [0.3, 0.4) is 0 Å². The molecule has 2 aliphatic rings. The molecule has 4 rings (SSSR count). The fourth-order valence-electron chi connectivity index (χ4n) is 3.82. The second-order valence-corrected chi connectivity index (χ2v) is 7.06. The van der Waals surface area contributed by atoms with Crippen molar-refractivity contribution >= 4 is 35.5 Å². The Hall–Kier alpha value is -2.02. The normalized spacial score (nSPS) is 16.0. The van der Waals surface area contributed by atoms with Crippen molar-refractivity contribution in [3.8, 4) is 5.75 Å². The van der Waals surface area contributed by atoms with Crippen molar-refractivity contribution in [2.45, 2.75) is 19.3 Å². The molecule has 0 saturated carbocycles. The van der Waals surface area contributed by atoms with E-state index in [0.717, 1.165) is 57.2 Å². The average Bonchev–Trinajstić information content (AvgIpc) is 3.20. The van der Waals surface area contributed by atoms with Gasteiger partial charge in [0.25, 0.3) is 0 Å². The molecule has 0 atom stereocenters. The van der Waals surface area contributed by atoms with Crippen LogP contribution in [-0.2, 0) is 12.8 Å². The van der Waals surface area contributed by atoms with Gasteiger partial charge < -0.3 is 15.0 Å². The summed E-state index contributed by atoms with van der Waals surface area (Å²) in [6, 6.07) is 17.2. The molecule has 2 aliphatic heterocycles. The number of ether oxygens (including phenoxy) is 1. The third kappa shape index (κ3) is 4.87. The van der Waals surface area contributed by atoms with Crippen molar-refractivity contribution in [3.63, 3.8) is 0 Å². The van der Waals surface area contributed by atoms with Crippen LogP contribution in [0.4, 0.5) is 0 Å². The molecule has 2 heterocycles. The van der Waals surface area contributed by atoms with Gasteiger partial charge in [-0.3, -0.25) is 4.99 Å². The minimum absolute atomic E-state index is 0. The maximum Gasteiger partial charge on any atom is 0.193 e. The van der Waals surface area contributed by atoms with Crippen molar-refractivity contribution in [2.24, 2.45) is 4.99 Å². The minimum atomic E-state index is 0. The first-order chi connectivity index (χ1) is 13.3. The second-order valence-electron chi connectivity index (χ2n) is 7.06. The highest BCUT2D eigenvalue weighted by atomic mass is 127. The number of guanidine groups is 1. The molecule has 0 unspecified atom stereocenters. The maximum atomic E-state index is 5.59.